The summed E-state index contributed by atoms with van der Waals surface area (Å²) in [5.41, 5.74) is 3.05. The van der Waals surface area contributed by atoms with E-state index in [9.17, 15) is 62.6 Å². The highest BCUT2D eigenvalue weighted by molar-refractivity contribution is 6.26. The first kappa shape index (κ1) is 108. The van der Waals surface area contributed by atoms with Crippen molar-refractivity contribution in [1.29, 1.82) is 0 Å². The van der Waals surface area contributed by atoms with E-state index in [1.54, 1.807) is 93.4 Å². The van der Waals surface area contributed by atoms with E-state index in [-0.39, 0.29) is 180 Å². The van der Waals surface area contributed by atoms with Gasteiger partial charge in [0.05, 0.1) is 146 Å². The van der Waals surface area contributed by atoms with Crippen molar-refractivity contribution in [1.82, 2.24) is 0 Å². The molecule has 1 N–H and O–H groups in total. The largest absolute Gasteiger partial charge is 0.507 e. The molecule has 0 saturated carbocycles. The molecule has 788 valence electrons. The molecule has 36 nitrogen and oxygen atoms in total. The van der Waals surface area contributed by atoms with Crippen molar-refractivity contribution in [2.45, 2.75) is 169 Å². The van der Waals surface area contributed by atoms with E-state index in [0.717, 1.165) is 53.7 Å². The number of phenols is 1. The third kappa shape index (κ3) is 17.9. The predicted molar refractivity (Wildman–Crippen MR) is 550 cm³/mol. The van der Waals surface area contributed by atoms with Gasteiger partial charge in [0.2, 0.25) is 0 Å². The Balaban J connectivity index is 0.000000169. The lowest BCUT2D eigenvalue weighted by molar-refractivity contribution is -0.133. The highest BCUT2D eigenvalue weighted by Crippen LogP contribution is 2.64. The van der Waals surface area contributed by atoms with Crippen LogP contribution in [0.3, 0.4) is 0 Å². The molecule has 0 bridgehead atoms. The van der Waals surface area contributed by atoms with Gasteiger partial charge in [-0.15, -0.1) is 0 Å². The lowest BCUT2D eigenvalue weighted by Crippen LogP contribution is -2.34. The zero-order chi connectivity index (χ0) is 108. The van der Waals surface area contributed by atoms with Crippen LogP contribution >= 0.6 is 0 Å². The number of rotatable bonds is 20. The Morgan fingerprint density at radius 1 is 0.207 bits per heavy atom. The van der Waals surface area contributed by atoms with Crippen LogP contribution in [0.5, 0.6) is 138 Å². The molecular weight excluding hydrogens is 1950 g/mol. The molecular formula is C114H116O36. The van der Waals surface area contributed by atoms with E-state index >= 15 is 0 Å². The number of hydrogen-bond acceptors (Lipinski definition) is 36. The Labute approximate surface area is 862 Å². The van der Waals surface area contributed by atoms with Gasteiger partial charge in [-0.25, -0.2) is 0 Å². The number of esters is 6. The second kappa shape index (κ2) is 41.6. The Morgan fingerprint density at radius 3 is 0.573 bits per heavy atom. The average Bonchev–Trinajstić information content (AvgIpc) is 0.737. The first-order valence-corrected chi connectivity index (χ1v) is 47.8. The monoisotopic (exact) mass is 2060 g/mol. The van der Waals surface area contributed by atoms with Crippen molar-refractivity contribution in [2.24, 2.45) is 35.5 Å². The second-order valence-corrected chi connectivity index (χ2v) is 37.2. The van der Waals surface area contributed by atoms with Crippen LogP contribution in [0.25, 0.3) is 98.0 Å². The number of fused-ring (bicyclic) bond motifs is 12. The Hall–Kier alpha value is -16.6. The normalized spacial score (nSPS) is 19.5. The summed E-state index contributed by atoms with van der Waals surface area (Å²) in [7, 11) is 16.8. The van der Waals surface area contributed by atoms with E-state index in [0.29, 0.717) is 163 Å². The van der Waals surface area contributed by atoms with Crippen LogP contribution in [0.15, 0.2) is 72.8 Å². The number of hydrogen-bond donors (Lipinski definition) is 1. The Kier molecular flexibility index (Phi) is 29.9. The third-order valence-electron chi connectivity index (χ3n) is 28.3. The first-order chi connectivity index (χ1) is 70.8. The second-order valence-electron chi connectivity index (χ2n) is 37.2. The minimum Gasteiger partial charge on any atom is -0.507 e. The van der Waals surface area contributed by atoms with Crippen molar-refractivity contribution in [3.8, 4) is 171 Å². The molecule has 0 amide bonds. The van der Waals surface area contributed by atoms with Crippen molar-refractivity contribution < 1.29 is 172 Å². The Morgan fingerprint density at radius 2 is 0.373 bits per heavy atom. The SMILES string of the molecule is C.CC(=O)Oc1cc(OC(C)=O)c2c(OC(C)=O)c3c(cc2c1-c1c(OC(C)=O)cc(OC(C)=O)c2c(OC(C)=O)c4c(cc12)OC(C)C(C)C4=O)OC(C)C(C)C3=O.COc1cc(O)c2c(OC)c3c(cc2c1-c1c(OC)cc(OC)c2c(OC)c4c(cc12)OC(C)C(C)C4=O)OC(C)C(C)C3=O.COc1cc(OC)c2c(OC)c3c(cc2c1-c1c(OC)cc(OC)c2c(OC)c4c(cc12)OC(C)C(C)C4=O)OC(C)C(C)C3=O. The van der Waals surface area contributed by atoms with Gasteiger partial charge in [0.25, 0.3) is 0 Å². The van der Waals surface area contributed by atoms with E-state index in [1.807, 2.05) is 60.6 Å². The number of phenolic OH excluding ortho intramolecular Hbond substituents is 1. The minimum absolute atomic E-state index is 0. The van der Waals surface area contributed by atoms with E-state index in [1.165, 1.54) is 68.0 Å². The lowest BCUT2D eigenvalue weighted by atomic mass is 9.84. The number of aromatic hydroxyl groups is 1. The van der Waals surface area contributed by atoms with Gasteiger partial charge in [0.15, 0.2) is 46.2 Å². The van der Waals surface area contributed by atoms with Crippen LogP contribution in [0.4, 0.5) is 0 Å². The fourth-order valence-corrected chi connectivity index (χ4v) is 20.2. The van der Waals surface area contributed by atoms with Gasteiger partial charge in [-0.3, -0.25) is 57.5 Å². The summed E-state index contributed by atoms with van der Waals surface area (Å²) in [5.74, 6) is -6.24. The summed E-state index contributed by atoms with van der Waals surface area (Å²) in [6, 6.07) is 18.9. The molecule has 0 radical (unpaired) electrons. The fourth-order valence-electron chi connectivity index (χ4n) is 20.2. The number of methoxy groups -OCH3 is 11. The van der Waals surface area contributed by atoms with Crippen molar-refractivity contribution >= 4 is 135 Å². The number of carbonyl (C=O) groups is 12. The van der Waals surface area contributed by atoms with Crippen LogP contribution in [0.2, 0.25) is 0 Å². The van der Waals surface area contributed by atoms with Crippen LogP contribution < -0.4 is 109 Å². The molecule has 0 fully saturated rings. The number of Topliss-reactive ketones (excluding diaryl/α,β-unsaturated/α-hetero) is 6. The molecule has 0 aromatic heterocycles. The average molecular weight is 2060 g/mol. The van der Waals surface area contributed by atoms with Gasteiger partial charge < -0.3 is 114 Å². The molecule has 0 spiro atoms. The zero-order valence-corrected chi connectivity index (χ0v) is 87.6. The summed E-state index contributed by atoms with van der Waals surface area (Å²) < 4.78 is 137. The molecule has 0 aliphatic carbocycles. The quantitative estimate of drug-likeness (QED) is 0.0547. The molecule has 6 aliphatic rings. The molecule has 12 atom stereocenters. The number of carbonyl (C=O) groups excluding carboxylic acids is 12. The van der Waals surface area contributed by atoms with Gasteiger partial charge in [-0.1, -0.05) is 49.0 Å². The van der Waals surface area contributed by atoms with E-state index < -0.39 is 77.3 Å². The van der Waals surface area contributed by atoms with Gasteiger partial charge in [-0.2, -0.15) is 0 Å². The molecule has 6 heterocycles. The van der Waals surface area contributed by atoms with Crippen LogP contribution in [-0.2, 0) is 28.8 Å². The van der Waals surface area contributed by atoms with Crippen molar-refractivity contribution in [3.63, 3.8) is 0 Å². The highest BCUT2D eigenvalue weighted by Gasteiger charge is 2.47. The molecule has 36 heteroatoms. The molecule has 150 heavy (non-hydrogen) atoms. The smallest absolute Gasteiger partial charge is 0.308 e. The molecule has 6 aliphatic heterocycles. The highest BCUT2D eigenvalue weighted by atomic mass is 16.6. The van der Waals surface area contributed by atoms with E-state index in [2.05, 4.69) is 0 Å². The van der Waals surface area contributed by atoms with Gasteiger partial charge in [0, 0.05) is 144 Å². The van der Waals surface area contributed by atoms with Gasteiger partial charge >= 0.3 is 35.8 Å². The van der Waals surface area contributed by atoms with Gasteiger partial charge in [-0.05, 0) is 77.9 Å². The summed E-state index contributed by atoms with van der Waals surface area (Å²) in [6.07, 6.45) is -2.85. The maximum Gasteiger partial charge on any atom is 0.308 e. The summed E-state index contributed by atoms with van der Waals surface area (Å²) in [5, 5.41) is 15.3. The maximum atomic E-state index is 14.0. The minimum atomic E-state index is -0.869. The van der Waals surface area contributed by atoms with Crippen LogP contribution in [0.1, 0.15) is 194 Å². The zero-order valence-electron chi connectivity index (χ0n) is 87.6. The molecule has 12 unspecified atom stereocenters. The molecule has 12 aromatic rings. The number of benzene rings is 12. The summed E-state index contributed by atoms with van der Waals surface area (Å²) >= 11 is 0. The number of ketones is 6. The first-order valence-electron chi connectivity index (χ1n) is 47.8. The standard InChI is InChI=1S/C42H38O16.C36H38O10.C35H36O10.CH4/c1-15-17(3)51-27-11-25-33(29(53-19(5)43)13-31(55-21(7)45)35(25)41(57-23(9)47)37(27)39(15)49)34-26-12-28-38(40(50)16(2)18(4)52-28)42(58-24(10)48)36(26)32(56-22(8)46)14-30(34)54-20(6)44;1-15-17(3)45-25-11-19-27(21(39-5)13-23(41-7)29(19)35(43-9)31(25)33(15)37)28-20-12-26-32(34(38)16(2)18(4)46-26)36(44-10)30(20)24(42-8)14-22(28)40-6;1-14-16(3)44-24-10-18-26(34(42-8)30(24)32(14)37)20(36)12-21(39-5)27(18)28-19-11-25-31(33(38)15(2)17(4)45-25)35(43-9)29(19)23(41-7)13-22(28)40-6;/h11-18H,1-10H3;11-18H,1-10H3;10-17,36H,1-9H3;1H4. The lowest BCUT2D eigenvalue weighted by Gasteiger charge is -2.31. The summed E-state index contributed by atoms with van der Waals surface area (Å²) in [4.78, 5) is 159. The Bertz CT molecular complexity index is 7500. The van der Waals surface area contributed by atoms with Crippen LogP contribution in [0, 0.1) is 35.5 Å². The van der Waals surface area contributed by atoms with Crippen LogP contribution in [-0.4, -0.2) is 190 Å². The molecule has 18 rings (SSSR count). The fraction of sp³-hybridized carbons (Fsp3) is 0.368. The van der Waals surface area contributed by atoms with Crippen molar-refractivity contribution in [2.75, 3.05) is 78.2 Å². The van der Waals surface area contributed by atoms with Gasteiger partial charge in [0.1, 0.15) is 196 Å². The van der Waals surface area contributed by atoms with Crippen molar-refractivity contribution in [3.05, 3.63) is 106 Å². The van der Waals surface area contributed by atoms with E-state index in [4.69, 9.17) is 109 Å². The maximum absolute atomic E-state index is 14.0. The predicted octanol–water partition coefficient (Wildman–Crippen LogP) is 20.6. The third-order valence-corrected chi connectivity index (χ3v) is 28.3. The molecule has 0 saturated heterocycles. The topological polar surface area (TPSA) is 437 Å². The molecule has 12 aromatic carbocycles. The number of ether oxygens (including phenoxy) is 23. The summed E-state index contributed by atoms with van der Waals surface area (Å²) in [6.45, 7) is 27.8.